The zero-order chi connectivity index (χ0) is 12.3. The molecule has 0 bridgehead atoms. The molecule has 1 aromatic carbocycles. The lowest BCUT2D eigenvalue weighted by Crippen LogP contribution is -2.08. The molecule has 90 valence electrons. The van der Waals surface area contributed by atoms with Gasteiger partial charge in [0.2, 0.25) is 0 Å². The summed E-state index contributed by atoms with van der Waals surface area (Å²) in [4.78, 5) is 4.16. The summed E-state index contributed by atoms with van der Waals surface area (Å²) in [6.07, 6.45) is 1.76. The lowest BCUT2D eigenvalue weighted by atomic mass is 10.1. The third-order valence-electron chi connectivity index (χ3n) is 2.30. The molecule has 0 saturated heterocycles. The Hall–Kier alpha value is -1.10. The monoisotopic (exact) mass is 268 g/mol. The number of ether oxygens (including phenoxy) is 1. The second-order valence-electron chi connectivity index (χ2n) is 3.69. The average Bonchev–Trinajstić information content (AvgIpc) is 2.80. The molecule has 0 spiro atoms. The normalized spacial score (nSPS) is 12.4. The fraction of sp³-hybridized carbons (Fsp3) is 0.250. The summed E-state index contributed by atoms with van der Waals surface area (Å²) in [6, 6.07) is 5.36. The second kappa shape index (κ2) is 5.49. The van der Waals surface area contributed by atoms with E-state index in [-0.39, 0.29) is 6.04 Å². The van der Waals surface area contributed by atoms with Crippen LogP contribution in [-0.4, -0.2) is 4.98 Å². The molecule has 2 aromatic rings. The summed E-state index contributed by atoms with van der Waals surface area (Å²) in [5.74, 6) is 0.764. The minimum Gasteiger partial charge on any atom is -0.486 e. The highest BCUT2D eigenvalue weighted by Crippen LogP contribution is 2.28. The number of hydrogen-bond donors (Lipinski definition) is 1. The molecule has 0 aliphatic rings. The van der Waals surface area contributed by atoms with Crippen LogP contribution >= 0.6 is 22.9 Å². The molecule has 1 atom stereocenters. The van der Waals surface area contributed by atoms with Crippen LogP contribution in [0.2, 0.25) is 5.02 Å². The van der Waals surface area contributed by atoms with E-state index in [9.17, 15) is 0 Å². The third-order valence-corrected chi connectivity index (χ3v) is 3.29. The highest BCUT2D eigenvalue weighted by molar-refractivity contribution is 7.09. The molecule has 0 radical (unpaired) electrons. The maximum absolute atomic E-state index is 5.94. The number of aromatic nitrogens is 1. The summed E-state index contributed by atoms with van der Waals surface area (Å²) in [5.41, 5.74) is 6.79. The van der Waals surface area contributed by atoms with Crippen molar-refractivity contribution in [2.24, 2.45) is 5.73 Å². The van der Waals surface area contributed by atoms with Gasteiger partial charge in [0.1, 0.15) is 17.4 Å². The molecule has 0 amide bonds. The lowest BCUT2D eigenvalue weighted by molar-refractivity contribution is 0.301. The van der Waals surface area contributed by atoms with Crippen LogP contribution in [0.5, 0.6) is 5.75 Å². The molecular formula is C12H13ClN2OS. The highest BCUT2D eigenvalue weighted by atomic mass is 35.5. The standard InChI is InChI=1S/C12H13ClN2OS/c1-8(14)10-6-9(13)2-3-11(10)16-7-12-15-4-5-17-12/h2-6,8H,7,14H2,1H3/t8-/m0/s1. The largest absolute Gasteiger partial charge is 0.486 e. The molecule has 0 aliphatic heterocycles. The number of nitrogens with zero attached hydrogens (tertiary/aromatic N) is 1. The number of benzene rings is 1. The molecule has 5 heteroatoms. The van der Waals surface area contributed by atoms with Crippen molar-refractivity contribution in [1.29, 1.82) is 0 Å². The van der Waals surface area contributed by atoms with Crippen molar-refractivity contribution in [2.45, 2.75) is 19.6 Å². The van der Waals surface area contributed by atoms with Crippen molar-refractivity contribution in [1.82, 2.24) is 4.98 Å². The quantitative estimate of drug-likeness (QED) is 0.925. The highest BCUT2D eigenvalue weighted by Gasteiger charge is 2.09. The second-order valence-corrected chi connectivity index (χ2v) is 5.10. The lowest BCUT2D eigenvalue weighted by Gasteiger charge is -2.13. The molecule has 1 aromatic heterocycles. The number of nitrogens with two attached hydrogens (primary N) is 1. The smallest absolute Gasteiger partial charge is 0.140 e. The van der Waals surface area contributed by atoms with Crippen LogP contribution in [-0.2, 0) is 6.61 Å². The van der Waals surface area contributed by atoms with Crippen molar-refractivity contribution in [3.8, 4) is 5.75 Å². The summed E-state index contributed by atoms with van der Waals surface area (Å²) >= 11 is 7.51. The van der Waals surface area contributed by atoms with E-state index >= 15 is 0 Å². The number of rotatable bonds is 4. The van der Waals surface area contributed by atoms with Gasteiger partial charge in [-0.1, -0.05) is 11.6 Å². The molecular weight excluding hydrogens is 256 g/mol. The zero-order valence-corrected chi connectivity index (χ0v) is 11.0. The Labute approximate surface area is 109 Å². The van der Waals surface area contributed by atoms with E-state index < -0.39 is 0 Å². The van der Waals surface area contributed by atoms with Gasteiger partial charge in [-0.05, 0) is 25.1 Å². The van der Waals surface area contributed by atoms with Gasteiger partial charge < -0.3 is 10.5 Å². The SMILES string of the molecule is C[C@H](N)c1cc(Cl)ccc1OCc1nccs1. The number of hydrogen-bond acceptors (Lipinski definition) is 4. The van der Waals surface area contributed by atoms with Gasteiger partial charge in [-0.15, -0.1) is 11.3 Å². The van der Waals surface area contributed by atoms with E-state index in [0.717, 1.165) is 16.3 Å². The minimum atomic E-state index is -0.111. The van der Waals surface area contributed by atoms with Crippen molar-refractivity contribution in [3.63, 3.8) is 0 Å². The van der Waals surface area contributed by atoms with Crippen molar-refractivity contribution >= 4 is 22.9 Å². The Balaban J connectivity index is 2.14. The summed E-state index contributed by atoms with van der Waals surface area (Å²) in [7, 11) is 0. The first kappa shape index (κ1) is 12.4. The summed E-state index contributed by atoms with van der Waals surface area (Å²) in [6.45, 7) is 2.36. The van der Waals surface area contributed by atoms with E-state index in [1.54, 1.807) is 23.6 Å². The van der Waals surface area contributed by atoms with Crippen LogP contribution in [0, 0.1) is 0 Å². The first-order valence-corrected chi connectivity index (χ1v) is 6.49. The minimum absolute atomic E-state index is 0.111. The molecule has 0 aliphatic carbocycles. The van der Waals surface area contributed by atoms with Crippen LogP contribution in [0.3, 0.4) is 0 Å². The maximum Gasteiger partial charge on any atom is 0.140 e. The molecule has 2 rings (SSSR count). The van der Waals surface area contributed by atoms with Gasteiger partial charge in [0.05, 0.1) is 0 Å². The van der Waals surface area contributed by atoms with Gasteiger partial charge in [-0.3, -0.25) is 0 Å². The van der Waals surface area contributed by atoms with Gasteiger partial charge in [0, 0.05) is 28.2 Å². The zero-order valence-electron chi connectivity index (χ0n) is 9.39. The predicted octanol–water partition coefficient (Wildman–Crippen LogP) is 3.40. The Morgan fingerprint density at radius 2 is 2.35 bits per heavy atom. The number of thiazole rings is 1. The molecule has 0 saturated carbocycles. The first-order chi connectivity index (χ1) is 8.16. The first-order valence-electron chi connectivity index (χ1n) is 5.23. The van der Waals surface area contributed by atoms with Gasteiger partial charge in [0.25, 0.3) is 0 Å². The fourth-order valence-corrected chi connectivity index (χ4v) is 2.18. The van der Waals surface area contributed by atoms with Crippen molar-refractivity contribution in [3.05, 3.63) is 45.4 Å². The molecule has 1 heterocycles. The van der Waals surface area contributed by atoms with Gasteiger partial charge >= 0.3 is 0 Å². The Kier molecular flexibility index (Phi) is 3.99. The van der Waals surface area contributed by atoms with Crippen molar-refractivity contribution < 1.29 is 4.74 Å². The molecule has 3 nitrogen and oxygen atoms in total. The Bertz CT molecular complexity index is 485. The third kappa shape index (κ3) is 3.19. The molecule has 0 fully saturated rings. The summed E-state index contributed by atoms with van der Waals surface area (Å²) < 4.78 is 5.71. The maximum atomic E-state index is 5.94. The van der Waals surface area contributed by atoms with Crippen LogP contribution in [0.1, 0.15) is 23.5 Å². The molecule has 17 heavy (non-hydrogen) atoms. The van der Waals surface area contributed by atoms with Crippen LogP contribution < -0.4 is 10.5 Å². The van der Waals surface area contributed by atoms with Gasteiger partial charge in [-0.25, -0.2) is 4.98 Å². The van der Waals surface area contributed by atoms with E-state index in [1.165, 1.54) is 0 Å². The van der Waals surface area contributed by atoms with E-state index in [2.05, 4.69) is 4.98 Å². The van der Waals surface area contributed by atoms with Gasteiger partial charge in [-0.2, -0.15) is 0 Å². The molecule has 2 N–H and O–H groups in total. The molecule has 0 unspecified atom stereocenters. The predicted molar refractivity (Wildman–Crippen MR) is 70.5 cm³/mol. The number of halogens is 1. The van der Waals surface area contributed by atoms with Crippen LogP contribution in [0.4, 0.5) is 0 Å². The van der Waals surface area contributed by atoms with E-state index in [0.29, 0.717) is 11.6 Å². The topological polar surface area (TPSA) is 48.1 Å². The van der Waals surface area contributed by atoms with Gasteiger partial charge in [0.15, 0.2) is 0 Å². The van der Waals surface area contributed by atoms with Crippen molar-refractivity contribution in [2.75, 3.05) is 0 Å². The Morgan fingerprint density at radius 1 is 1.53 bits per heavy atom. The van der Waals surface area contributed by atoms with Crippen LogP contribution in [0.15, 0.2) is 29.8 Å². The Morgan fingerprint density at radius 3 is 3.00 bits per heavy atom. The fourth-order valence-electron chi connectivity index (χ4n) is 1.47. The van der Waals surface area contributed by atoms with E-state index in [4.69, 9.17) is 22.1 Å². The van der Waals surface area contributed by atoms with Crippen LogP contribution in [0.25, 0.3) is 0 Å². The summed E-state index contributed by atoms with van der Waals surface area (Å²) in [5, 5.41) is 3.53. The average molecular weight is 269 g/mol. The van der Waals surface area contributed by atoms with E-state index in [1.807, 2.05) is 24.4 Å².